The zero-order valence-corrected chi connectivity index (χ0v) is 17.0. The summed E-state index contributed by atoms with van der Waals surface area (Å²) in [6.07, 6.45) is 2.01. The Labute approximate surface area is 170 Å². The lowest BCUT2D eigenvalue weighted by Crippen LogP contribution is -2.49. The van der Waals surface area contributed by atoms with E-state index in [9.17, 15) is 4.79 Å². The van der Waals surface area contributed by atoms with Crippen LogP contribution in [0.25, 0.3) is 10.8 Å². The van der Waals surface area contributed by atoms with Crippen LogP contribution in [0.1, 0.15) is 25.5 Å². The fraction of sp³-hybridized carbons (Fsp3) is 0.524. The Morgan fingerprint density at radius 3 is 2.45 bits per heavy atom. The maximum Gasteiger partial charge on any atom is 0.290 e. The number of aryl methyl sites for hydroxylation is 1. The second-order valence-electron chi connectivity index (χ2n) is 7.74. The number of hydrogen-bond acceptors (Lipinski definition) is 6. The predicted molar refractivity (Wildman–Crippen MR) is 110 cm³/mol. The summed E-state index contributed by atoms with van der Waals surface area (Å²) in [6.45, 7) is 5.26. The summed E-state index contributed by atoms with van der Waals surface area (Å²) in [6, 6.07) is 8.45. The molecule has 0 radical (unpaired) electrons. The van der Waals surface area contributed by atoms with Gasteiger partial charge in [0.25, 0.3) is 6.47 Å². The van der Waals surface area contributed by atoms with Gasteiger partial charge in [-0.15, -0.1) is 5.10 Å². The second kappa shape index (κ2) is 9.17. The average molecular weight is 400 g/mol. The van der Waals surface area contributed by atoms with Crippen molar-refractivity contribution in [3.05, 3.63) is 30.0 Å². The molecule has 2 N–H and O–H groups in total. The maximum atomic E-state index is 11.5. The lowest BCUT2D eigenvalue weighted by atomic mass is 9.77. The number of benzene rings is 1. The Morgan fingerprint density at radius 2 is 1.83 bits per heavy atom. The summed E-state index contributed by atoms with van der Waals surface area (Å²) in [5, 5.41) is 21.2. The summed E-state index contributed by atoms with van der Waals surface area (Å²) in [5.41, 5.74) is 0.964. The molecule has 1 aromatic heterocycles. The molecule has 1 aromatic carbocycles. The third-order valence-electron chi connectivity index (χ3n) is 5.96. The van der Waals surface area contributed by atoms with Crippen molar-refractivity contribution >= 4 is 29.0 Å². The van der Waals surface area contributed by atoms with Crippen molar-refractivity contribution in [2.75, 3.05) is 25.1 Å². The van der Waals surface area contributed by atoms with E-state index in [-0.39, 0.29) is 24.5 Å². The van der Waals surface area contributed by atoms with Gasteiger partial charge in [0, 0.05) is 37.9 Å². The number of nitrogens with one attached hydrogen (secondary N) is 1. The summed E-state index contributed by atoms with van der Waals surface area (Å²) in [4.78, 5) is 22.3. The van der Waals surface area contributed by atoms with Crippen LogP contribution in [0.2, 0.25) is 0 Å². The molecule has 2 fully saturated rings. The van der Waals surface area contributed by atoms with Crippen molar-refractivity contribution in [3.8, 4) is 0 Å². The quantitative estimate of drug-likeness (QED) is 0.759. The van der Waals surface area contributed by atoms with E-state index >= 15 is 0 Å². The molecule has 0 spiro atoms. The molecule has 2 heterocycles. The van der Waals surface area contributed by atoms with Gasteiger partial charge >= 0.3 is 0 Å². The molecular weight excluding hydrogens is 372 g/mol. The van der Waals surface area contributed by atoms with Crippen LogP contribution in [0.15, 0.2) is 24.3 Å². The minimum absolute atomic E-state index is 0.0146. The van der Waals surface area contributed by atoms with Crippen LogP contribution in [0.4, 0.5) is 5.82 Å². The zero-order valence-electron chi connectivity index (χ0n) is 17.0. The molecule has 0 bridgehead atoms. The number of fused-ring (bicyclic) bond motifs is 2. The first-order valence-electron chi connectivity index (χ1n) is 9.83. The topological polar surface area (TPSA) is 105 Å². The summed E-state index contributed by atoms with van der Waals surface area (Å²) in [5.74, 6) is 2.10. The average Bonchev–Trinajstić information content (AvgIpc) is 3.10. The number of anilines is 1. The van der Waals surface area contributed by atoms with Crippen molar-refractivity contribution < 1.29 is 19.4 Å². The van der Waals surface area contributed by atoms with Gasteiger partial charge in [-0.3, -0.25) is 9.59 Å². The molecule has 1 saturated heterocycles. The number of carboxylic acid groups (broad SMARTS) is 1. The second-order valence-corrected chi connectivity index (χ2v) is 7.74. The summed E-state index contributed by atoms with van der Waals surface area (Å²) < 4.78 is 5.68. The fourth-order valence-corrected chi connectivity index (χ4v) is 4.72. The Bertz CT molecular complexity index is 875. The molecule has 4 atom stereocenters. The summed E-state index contributed by atoms with van der Waals surface area (Å²) in [7, 11) is 1.74. The molecule has 156 valence electrons. The largest absolute Gasteiger partial charge is 0.483 e. The Kier molecular flexibility index (Phi) is 6.64. The van der Waals surface area contributed by atoms with Gasteiger partial charge in [0.05, 0.1) is 17.8 Å². The lowest BCUT2D eigenvalue weighted by molar-refractivity contribution is -0.123. The minimum atomic E-state index is -0.250. The van der Waals surface area contributed by atoms with E-state index in [1.807, 2.05) is 13.0 Å². The third-order valence-corrected chi connectivity index (χ3v) is 5.96. The normalized spacial score (nSPS) is 25.7. The summed E-state index contributed by atoms with van der Waals surface area (Å²) >= 11 is 0. The fourth-order valence-electron chi connectivity index (χ4n) is 4.72. The number of nitrogens with zero attached hydrogens (tertiary/aromatic N) is 3. The zero-order chi connectivity index (χ0) is 21.0. The molecule has 0 unspecified atom stereocenters. The molecule has 1 aliphatic carbocycles. The van der Waals surface area contributed by atoms with Crippen molar-refractivity contribution in [1.29, 1.82) is 0 Å². The minimum Gasteiger partial charge on any atom is -0.483 e. The highest BCUT2D eigenvalue weighted by Crippen LogP contribution is 2.40. The number of ether oxygens (including phenoxy) is 1. The van der Waals surface area contributed by atoms with E-state index in [2.05, 4.69) is 38.6 Å². The van der Waals surface area contributed by atoms with Gasteiger partial charge in [0.15, 0.2) is 5.82 Å². The Morgan fingerprint density at radius 1 is 1.21 bits per heavy atom. The van der Waals surface area contributed by atoms with Crippen LogP contribution < -0.4 is 10.2 Å². The molecule has 2 aromatic rings. The van der Waals surface area contributed by atoms with Gasteiger partial charge in [0.2, 0.25) is 5.91 Å². The highest BCUT2D eigenvalue weighted by Gasteiger charge is 2.43. The number of methoxy groups -OCH3 is 1. The molecule has 4 rings (SSSR count). The number of carbonyl (C=O) groups is 2. The molecule has 8 heteroatoms. The van der Waals surface area contributed by atoms with E-state index in [0.717, 1.165) is 37.4 Å². The smallest absolute Gasteiger partial charge is 0.290 e. The van der Waals surface area contributed by atoms with Crippen molar-refractivity contribution in [2.24, 2.45) is 11.8 Å². The Balaban J connectivity index is 0.000000755. The van der Waals surface area contributed by atoms with Gasteiger partial charge in [0.1, 0.15) is 0 Å². The highest BCUT2D eigenvalue weighted by atomic mass is 16.5. The number of amides is 1. The number of carbonyl (C=O) groups excluding carboxylic acids is 1. The number of aromatic nitrogens is 2. The molecule has 1 saturated carbocycles. The van der Waals surface area contributed by atoms with Gasteiger partial charge in [-0.25, -0.2) is 0 Å². The molecule has 2 aliphatic rings. The van der Waals surface area contributed by atoms with Crippen LogP contribution >= 0.6 is 0 Å². The first-order valence-corrected chi connectivity index (χ1v) is 9.83. The van der Waals surface area contributed by atoms with Crippen LogP contribution in [0.5, 0.6) is 0 Å². The van der Waals surface area contributed by atoms with E-state index in [0.29, 0.717) is 11.8 Å². The van der Waals surface area contributed by atoms with Crippen LogP contribution in [0, 0.1) is 18.8 Å². The van der Waals surface area contributed by atoms with Crippen LogP contribution in [-0.2, 0) is 14.3 Å². The lowest BCUT2D eigenvalue weighted by Gasteiger charge is -2.37. The standard InChI is InChI=1S/C20H26N4O2.CH2O2/c1-12-16-6-4-5-7-17(16)20(23-22-12)24-10-14-8-18(21-13(2)25)19(26-3)9-15(14)11-24;2-1-3/h4-7,14-15,18-19H,8-11H2,1-3H3,(H,21,25);1H,(H,2,3)/t14-,15+,18-,19-;/m1./s1. The molecule has 1 aliphatic heterocycles. The first kappa shape index (κ1) is 21.0. The van der Waals surface area contributed by atoms with Gasteiger partial charge in [-0.2, -0.15) is 5.10 Å². The maximum absolute atomic E-state index is 11.5. The van der Waals surface area contributed by atoms with Crippen molar-refractivity contribution in [2.45, 2.75) is 38.8 Å². The molecule has 1 amide bonds. The SMILES string of the molecule is CO[C@@H]1C[C@H]2CN(c3nnc(C)c4ccccc34)C[C@H]2C[C@H]1NC(C)=O.O=CO. The van der Waals surface area contributed by atoms with Gasteiger partial charge in [-0.05, 0) is 31.6 Å². The number of rotatable bonds is 3. The molecule has 8 nitrogen and oxygen atoms in total. The van der Waals surface area contributed by atoms with Gasteiger partial charge < -0.3 is 20.1 Å². The van der Waals surface area contributed by atoms with Crippen molar-refractivity contribution in [3.63, 3.8) is 0 Å². The third kappa shape index (κ3) is 4.48. The predicted octanol–water partition coefficient (Wildman–Crippen LogP) is 2.00. The van der Waals surface area contributed by atoms with E-state index in [4.69, 9.17) is 14.6 Å². The molecular formula is C21H28N4O4. The Hall–Kier alpha value is -2.74. The van der Waals surface area contributed by atoms with Crippen molar-refractivity contribution in [1.82, 2.24) is 15.5 Å². The van der Waals surface area contributed by atoms with Crippen LogP contribution in [-0.4, -0.2) is 60.0 Å². The van der Waals surface area contributed by atoms with E-state index in [1.54, 1.807) is 14.0 Å². The van der Waals surface area contributed by atoms with E-state index in [1.165, 1.54) is 10.8 Å². The highest BCUT2D eigenvalue weighted by molar-refractivity contribution is 5.93. The van der Waals surface area contributed by atoms with Gasteiger partial charge in [-0.1, -0.05) is 24.3 Å². The monoisotopic (exact) mass is 400 g/mol. The molecule has 29 heavy (non-hydrogen) atoms. The van der Waals surface area contributed by atoms with Crippen LogP contribution in [0.3, 0.4) is 0 Å². The number of hydrogen-bond donors (Lipinski definition) is 2. The van der Waals surface area contributed by atoms with E-state index < -0.39 is 0 Å². The first-order chi connectivity index (χ1) is 14.0.